The Kier molecular flexibility index (Phi) is 7.47. The van der Waals surface area contributed by atoms with E-state index < -0.39 is 10.3 Å². The van der Waals surface area contributed by atoms with Crippen LogP contribution in [0.2, 0.25) is 0 Å². The summed E-state index contributed by atoms with van der Waals surface area (Å²) in [6.07, 6.45) is 0. The zero-order chi connectivity index (χ0) is 9.23. The summed E-state index contributed by atoms with van der Waals surface area (Å²) in [4.78, 5) is 2.07. The van der Waals surface area contributed by atoms with E-state index in [2.05, 4.69) is 4.79 Å². The van der Waals surface area contributed by atoms with Gasteiger partial charge in [0.2, 0.25) is 0 Å². The van der Waals surface area contributed by atoms with Crippen molar-refractivity contribution in [1.82, 2.24) is 0 Å². The summed E-state index contributed by atoms with van der Waals surface area (Å²) in [6.45, 7) is 3.11. The van der Waals surface area contributed by atoms with Gasteiger partial charge >= 0.3 is 15.5 Å². The van der Waals surface area contributed by atoms with Gasteiger partial charge in [-0.15, -0.1) is 0 Å². The molecule has 0 N–H and O–H groups in total. The molecule has 68 valence electrons. The highest BCUT2D eigenvalue weighted by Crippen LogP contribution is 1.85. The van der Waals surface area contributed by atoms with E-state index in [1.54, 1.807) is 0 Å². The second kappa shape index (κ2) is 8.13. The maximum absolute atomic E-state index is 9.23. The molecule has 0 aromatic heterocycles. The quantitative estimate of drug-likeness (QED) is 0.214. The molecule has 0 amide bonds. The smallest absolute Gasteiger partial charge is 0.377 e. The third-order valence-corrected chi connectivity index (χ3v) is 1.09. The van der Waals surface area contributed by atoms with Gasteiger partial charge in [-0.3, -0.25) is 0 Å². The van der Waals surface area contributed by atoms with Crippen molar-refractivity contribution < 1.29 is 22.7 Å². The molecule has 1 rings (SSSR count). The minimum absolute atomic E-state index is 0.778. The predicted octanol–water partition coefficient (Wildman–Crippen LogP) is -0.966. The molecule has 12 heavy (non-hydrogen) atoms. The van der Waals surface area contributed by atoms with Crippen molar-refractivity contribution in [3.05, 3.63) is 5.53 Å². The van der Waals surface area contributed by atoms with Crippen LogP contribution in [0.3, 0.4) is 0 Å². The summed E-state index contributed by atoms with van der Waals surface area (Å²) in [5.74, 6) is 0. The SMILES string of the molecule is C1COCCO1.[N-]=[N+]=C=S(=O)=O. The lowest BCUT2D eigenvalue weighted by molar-refractivity contribution is -0.0334. The van der Waals surface area contributed by atoms with Crippen LogP contribution < -0.4 is 0 Å². The van der Waals surface area contributed by atoms with Crippen LogP contribution in [-0.4, -0.2) is 44.8 Å². The molecule has 1 heterocycles. The molecule has 0 saturated carbocycles. The molecule has 0 radical (unpaired) electrons. The van der Waals surface area contributed by atoms with Crippen molar-refractivity contribution in [2.45, 2.75) is 0 Å². The van der Waals surface area contributed by atoms with Crippen molar-refractivity contribution in [2.75, 3.05) is 26.4 Å². The molecule has 0 aromatic rings. The Labute approximate surface area is 70.9 Å². The minimum Gasteiger partial charge on any atom is -0.377 e. The lowest BCUT2D eigenvalue weighted by Gasteiger charge is -2.09. The molecule has 1 saturated heterocycles. The summed E-state index contributed by atoms with van der Waals surface area (Å²) in [5, 5.41) is 1.31. The van der Waals surface area contributed by atoms with E-state index >= 15 is 0 Å². The first-order chi connectivity index (χ1) is 5.77. The molecule has 0 aliphatic carbocycles. The van der Waals surface area contributed by atoms with Crippen molar-refractivity contribution in [2.24, 2.45) is 0 Å². The van der Waals surface area contributed by atoms with Crippen LogP contribution in [0.25, 0.3) is 5.53 Å². The molecule has 1 fully saturated rings. The number of hydrogen-bond acceptors (Lipinski definition) is 4. The normalized spacial score (nSPS) is 14.7. The van der Waals surface area contributed by atoms with Crippen LogP contribution in [-0.2, 0) is 19.8 Å². The number of isothiocyanates is 1. The van der Waals surface area contributed by atoms with Crippen LogP contribution in [0.15, 0.2) is 0 Å². The summed E-state index contributed by atoms with van der Waals surface area (Å²) >= 11 is 0. The van der Waals surface area contributed by atoms with Gasteiger partial charge in [-0.2, -0.15) is 8.42 Å². The van der Waals surface area contributed by atoms with Gasteiger partial charge in [0, 0.05) is 0 Å². The van der Waals surface area contributed by atoms with E-state index in [0.717, 1.165) is 26.4 Å². The average molecular weight is 192 g/mol. The fourth-order valence-electron chi connectivity index (χ4n) is 0.473. The first kappa shape index (κ1) is 11.0. The van der Waals surface area contributed by atoms with Crippen molar-refractivity contribution in [1.29, 1.82) is 0 Å². The van der Waals surface area contributed by atoms with E-state index in [1.807, 2.05) is 0 Å². The van der Waals surface area contributed by atoms with Gasteiger partial charge in [-0.25, -0.2) is 0 Å². The van der Waals surface area contributed by atoms with Crippen molar-refractivity contribution in [3.63, 3.8) is 0 Å². The van der Waals surface area contributed by atoms with Gasteiger partial charge in [-0.05, 0) is 0 Å². The Bertz CT molecular complexity index is 263. The zero-order valence-electron chi connectivity index (χ0n) is 6.26. The summed E-state index contributed by atoms with van der Waals surface area (Å²) < 4.78 is 28.4. The molecule has 0 unspecified atom stereocenters. The first-order valence-corrected chi connectivity index (χ1v) is 4.19. The summed E-state index contributed by atoms with van der Waals surface area (Å²) in [5.41, 5.74) is 7.36. The Balaban J connectivity index is 0.000000202. The minimum atomic E-state index is -2.48. The Morgan fingerprint density at radius 2 is 1.58 bits per heavy atom. The maximum Gasteiger partial charge on any atom is 0.436 e. The second-order valence-electron chi connectivity index (χ2n) is 1.65. The fourth-order valence-corrected chi connectivity index (χ4v) is 0.540. The van der Waals surface area contributed by atoms with E-state index in [1.165, 1.54) is 5.16 Å². The Morgan fingerprint density at radius 1 is 1.17 bits per heavy atom. The van der Waals surface area contributed by atoms with Gasteiger partial charge in [-0.1, -0.05) is 4.79 Å². The standard InChI is InChI=1S/C4H8O2.CN2O2S/c1-2-6-4-3-5-1;2-3-1-6(4)5/h1-4H2;. The van der Waals surface area contributed by atoms with Gasteiger partial charge < -0.3 is 15.0 Å². The number of nitrogens with zero attached hydrogens (tertiary/aromatic N) is 2. The molecular formula is C5H8N2O4S. The maximum atomic E-state index is 9.23. The van der Waals surface area contributed by atoms with Gasteiger partial charge in [0.05, 0.1) is 26.4 Å². The average Bonchev–Trinajstić information content (AvgIpc) is 2.08. The third-order valence-electron chi connectivity index (χ3n) is 0.859. The zero-order valence-corrected chi connectivity index (χ0v) is 7.08. The van der Waals surface area contributed by atoms with Gasteiger partial charge in [0.25, 0.3) is 0 Å². The summed E-state index contributed by atoms with van der Waals surface area (Å²) in [7, 11) is -2.48. The van der Waals surface area contributed by atoms with Crippen LogP contribution in [0, 0.1) is 0 Å². The third kappa shape index (κ3) is 9.03. The molecule has 0 atom stereocenters. The van der Waals surface area contributed by atoms with E-state index in [4.69, 9.17) is 15.0 Å². The molecule has 0 bridgehead atoms. The molecular weight excluding hydrogens is 184 g/mol. The van der Waals surface area contributed by atoms with Crippen LogP contribution in [0.1, 0.15) is 0 Å². The number of hydrogen-bond donors (Lipinski definition) is 0. The topological polar surface area (TPSA) is 89.0 Å². The second-order valence-corrected chi connectivity index (χ2v) is 2.30. The lowest BCUT2D eigenvalue weighted by Crippen LogP contribution is -2.16. The molecule has 6 nitrogen and oxygen atoms in total. The Morgan fingerprint density at radius 3 is 1.67 bits per heavy atom. The van der Waals surface area contributed by atoms with Crippen LogP contribution in [0.5, 0.6) is 0 Å². The molecule has 0 spiro atoms. The highest BCUT2D eigenvalue weighted by Gasteiger charge is 1.94. The predicted molar refractivity (Wildman–Crippen MR) is 39.2 cm³/mol. The number of ether oxygens (including phenoxy) is 2. The summed E-state index contributed by atoms with van der Waals surface area (Å²) in [6, 6.07) is 0. The molecule has 1 aliphatic heterocycles. The largest absolute Gasteiger partial charge is 0.436 e. The van der Waals surface area contributed by atoms with Crippen LogP contribution in [0.4, 0.5) is 0 Å². The van der Waals surface area contributed by atoms with Crippen molar-refractivity contribution >= 4 is 15.5 Å². The molecule has 0 aromatic carbocycles. The first-order valence-electron chi connectivity index (χ1n) is 3.12. The number of rotatable bonds is 0. The van der Waals surface area contributed by atoms with Gasteiger partial charge in [0.15, 0.2) is 0 Å². The molecule has 1 aliphatic rings. The molecule has 7 heteroatoms. The van der Waals surface area contributed by atoms with E-state index in [9.17, 15) is 8.42 Å². The highest BCUT2D eigenvalue weighted by atomic mass is 32.2. The van der Waals surface area contributed by atoms with E-state index in [0.29, 0.717) is 0 Å². The van der Waals surface area contributed by atoms with Gasteiger partial charge in [0.1, 0.15) is 0 Å². The Hall–Kier alpha value is -0.970. The lowest BCUT2D eigenvalue weighted by atomic mass is 10.6. The van der Waals surface area contributed by atoms with Crippen LogP contribution >= 0.6 is 0 Å². The van der Waals surface area contributed by atoms with E-state index in [-0.39, 0.29) is 0 Å². The fraction of sp³-hybridized carbons (Fsp3) is 0.800. The monoisotopic (exact) mass is 192 g/mol. The van der Waals surface area contributed by atoms with Crippen molar-refractivity contribution in [3.8, 4) is 0 Å². The highest BCUT2D eigenvalue weighted by molar-refractivity contribution is 7.70.